The third-order valence-corrected chi connectivity index (χ3v) is 2.76. The van der Waals surface area contributed by atoms with E-state index in [1.807, 2.05) is 18.2 Å². The van der Waals surface area contributed by atoms with Crippen LogP contribution in [0.2, 0.25) is 0 Å². The van der Waals surface area contributed by atoms with E-state index in [1.54, 1.807) is 0 Å². The maximum Gasteiger partial charge on any atom is 0.106 e. The molecule has 3 nitrogen and oxygen atoms in total. The molecule has 0 saturated heterocycles. The fourth-order valence-electron chi connectivity index (χ4n) is 1.30. The molecule has 15 heavy (non-hydrogen) atoms. The first-order chi connectivity index (χ1) is 7.13. The van der Waals surface area contributed by atoms with E-state index >= 15 is 0 Å². The Labute approximate surface area is 99.1 Å². The molecule has 0 aliphatic carbocycles. The van der Waals surface area contributed by atoms with Gasteiger partial charge in [0, 0.05) is 12.6 Å². The lowest BCUT2D eigenvalue weighted by Gasteiger charge is -2.19. The summed E-state index contributed by atoms with van der Waals surface area (Å²) in [5.41, 5.74) is 0.975. The summed E-state index contributed by atoms with van der Waals surface area (Å²) in [6.07, 6.45) is 0. The van der Waals surface area contributed by atoms with Gasteiger partial charge in [0.05, 0.1) is 12.3 Å². The summed E-state index contributed by atoms with van der Waals surface area (Å²) in [7, 11) is 0. The molecule has 2 N–H and O–H groups in total. The molecule has 1 heterocycles. The molecule has 1 rings (SSSR count). The zero-order valence-corrected chi connectivity index (χ0v) is 10.7. The number of hydrogen-bond acceptors (Lipinski definition) is 3. The second-order valence-electron chi connectivity index (χ2n) is 3.87. The molecule has 0 bridgehead atoms. The average Bonchev–Trinajstić information content (AvgIpc) is 2.18. The fraction of sp³-hybridized carbons (Fsp3) is 0.545. The van der Waals surface area contributed by atoms with Crippen molar-refractivity contribution in [3.05, 3.63) is 28.5 Å². The van der Waals surface area contributed by atoms with Gasteiger partial charge in [0.25, 0.3) is 0 Å². The van der Waals surface area contributed by atoms with Gasteiger partial charge in [0.15, 0.2) is 0 Å². The number of aromatic nitrogens is 1. The predicted octanol–water partition coefficient (Wildman–Crippen LogP) is 1.95. The number of aliphatic hydroxyl groups excluding tert-OH is 1. The number of rotatable bonds is 5. The van der Waals surface area contributed by atoms with Crippen LogP contribution >= 0.6 is 15.9 Å². The normalized spacial score (nSPS) is 13.1. The molecule has 4 heteroatoms. The van der Waals surface area contributed by atoms with Crippen molar-refractivity contribution in [2.24, 2.45) is 5.92 Å². The minimum Gasteiger partial charge on any atom is -0.395 e. The summed E-state index contributed by atoms with van der Waals surface area (Å²) in [6, 6.07) is 5.95. The van der Waals surface area contributed by atoms with E-state index in [0.29, 0.717) is 12.5 Å². The van der Waals surface area contributed by atoms with E-state index in [9.17, 15) is 0 Å². The van der Waals surface area contributed by atoms with E-state index in [2.05, 4.69) is 40.1 Å². The Hall–Kier alpha value is -0.450. The van der Waals surface area contributed by atoms with E-state index in [-0.39, 0.29) is 12.6 Å². The maximum absolute atomic E-state index is 9.14. The lowest BCUT2D eigenvalue weighted by molar-refractivity contribution is 0.209. The second kappa shape index (κ2) is 6.20. The number of halogens is 1. The van der Waals surface area contributed by atoms with Crippen LogP contribution in [0.4, 0.5) is 0 Å². The summed E-state index contributed by atoms with van der Waals surface area (Å²) >= 11 is 3.33. The van der Waals surface area contributed by atoms with Gasteiger partial charge in [-0.3, -0.25) is 0 Å². The molecule has 0 fully saturated rings. The molecule has 1 atom stereocenters. The van der Waals surface area contributed by atoms with Crippen molar-refractivity contribution < 1.29 is 5.11 Å². The standard InChI is InChI=1S/C11H17BrN2O/c1-8(2)10(7-15)13-6-9-4-3-5-11(12)14-9/h3-5,8,10,13,15H,6-7H2,1-2H3/t10-/m0/s1. The second-order valence-corrected chi connectivity index (χ2v) is 4.68. The number of nitrogens with one attached hydrogen (secondary N) is 1. The first-order valence-corrected chi connectivity index (χ1v) is 5.88. The monoisotopic (exact) mass is 272 g/mol. The zero-order chi connectivity index (χ0) is 11.3. The molecule has 0 aliphatic rings. The molecule has 0 aromatic carbocycles. The number of nitrogens with zero attached hydrogens (tertiary/aromatic N) is 1. The largest absolute Gasteiger partial charge is 0.395 e. The van der Waals surface area contributed by atoms with E-state index in [0.717, 1.165) is 10.3 Å². The van der Waals surface area contributed by atoms with Crippen LogP contribution in [-0.2, 0) is 6.54 Å². The Balaban J connectivity index is 2.49. The molecule has 1 aromatic heterocycles. The highest BCUT2D eigenvalue weighted by atomic mass is 79.9. The SMILES string of the molecule is CC(C)[C@H](CO)NCc1cccc(Br)n1. The maximum atomic E-state index is 9.14. The molecule has 0 saturated carbocycles. The summed E-state index contributed by atoms with van der Waals surface area (Å²) in [5.74, 6) is 0.419. The van der Waals surface area contributed by atoms with Crippen LogP contribution in [0.3, 0.4) is 0 Å². The number of pyridine rings is 1. The molecule has 1 aromatic rings. The van der Waals surface area contributed by atoms with Crippen LogP contribution in [0.1, 0.15) is 19.5 Å². The van der Waals surface area contributed by atoms with Gasteiger partial charge in [0.2, 0.25) is 0 Å². The molecular formula is C11H17BrN2O. The van der Waals surface area contributed by atoms with Gasteiger partial charge in [-0.2, -0.15) is 0 Å². The van der Waals surface area contributed by atoms with Gasteiger partial charge in [-0.05, 0) is 34.0 Å². The van der Waals surface area contributed by atoms with Crippen LogP contribution in [0.5, 0.6) is 0 Å². The Kier molecular flexibility index (Phi) is 5.22. The highest BCUT2D eigenvalue weighted by Crippen LogP contribution is 2.07. The topological polar surface area (TPSA) is 45.1 Å². The van der Waals surface area contributed by atoms with Crippen LogP contribution in [0.25, 0.3) is 0 Å². The number of hydrogen-bond donors (Lipinski definition) is 2. The van der Waals surface area contributed by atoms with Gasteiger partial charge >= 0.3 is 0 Å². The average molecular weight is 273 g/mol. The lowest BCUT2D eigenvalue weighted by Crippen LogP contribution is -2.36. The first kappa shape index (κ1) is 12.6. The molecule has 0 unspecified atom stereocenters. The Bertz CT molecular complexity index is 304. The predicted molar refractivity (Wildman–Crippen MR) is 64.5 cm³/mol. The van der Waals surface area contributed by atoms with Gasteiger partial charge < -0.3 is 10.4 Å². The van der Waals surface area contributed by atoms with Gasteiger partial charge in [-0.25, -0.2) is 4.98 Å². The van der Waals surface area contributed by atoms with Crippen molar-refractivity contribution in [1.82, 2.24) is 10.3 Å². The van der Waals surface area contributed by atoms with Crippen molar-refractivity contribution in [3.63, 3.8) is 0 Å². The van der Waals surface area contributed by atoms with Crippen molar-refractivity contribution in [2.45, 2.75) is 26.4 Å². The third-order valence-electron chi connectivity index (χ3n) is 2.32. The summed E-state index contributed by atoms with van der Waals surface area (Å²) < 4.78 is 0.840. The number of aliphatic hydroxyl groups is 1. The highest BCUT2D eigenvalue weighted by molar-refractivity contribution is 9.10. The van der Waals surface area contributed by atoms with Crippen LogP contribution in [0, 0.1) is 5.92 Å². The minimum atomic E-state index is 0.130. The minimum absolute atomic E-state index is 0.130. The van der Waals surface area contributed by atoms with Gasteiger partial charge in [-0.1, -0.05) is 19.9 Å². The third kappa shape index (κ3) is 4.28. The molecular weight excluding hydrogens is 256 g/mol. The fourth-order valence-corrected chi connectivity index (χ4v) is 1.68. The van der Waals surface area contributed by atoms with Crippen molar-refractivity contribution >= 4 is 15.9 Å². The van der Waals surface area contributed by atoms with E-state index in [1.165, 1.54) is 0 Å². The van der Waals surface area contributed by atoms with Crippen LogP contribution in [-0.4, -0.2) is 22.7 Å². The Morgan fingerprint density at radius 1 is 1.47 bits per heavy atom. The molecule has 0 spiro atoms. The summed E-state index contributed by atoms with van der Waals surface area (Å²) in [6.45, 7) is 5.01. The van der Waals surface area contributed by atoms with Crippen molar-refractivity contribution in [3.8, 4) is 0 Å². The molecule has 0 aliphatic heterocycles. The van der Waals surface area contributed by atoms with E-state index < -0.39 is 0 Å². The molecule has 0 radical (unpaired) electrons. The summed E-state index contributed by atoms with van der Waals surface area (Å²) in [4.78, 5) is 4.31. The van der Waals surface area contributed by atoms with Gasteiger partial charge in [-0.15, -0.1) is 0 Å². The lowest BCUT2D eigenvalue weighted by atomic mass is 10.1. The first-order valence-electron chi connectivity index (χ1n) is 5.09. The zero-order valence-electron chi connectivity index (χ0n) is 9.07. The van der Waals surface area contributed by atoms with Gasteiger partial charge in [0.1, 0.15) is 4.60 Å². The Morgan fingerprint density at radius 3 is 2.73 bits per heavy atom. The highest BCUT2D eigenvalue weighted by Gasteiger charge is 2.11. The van der Waals surface area contributed by atoms with Crippen molar-refractivity contribution in [1.29, 1.82) is 0 Å². The van der Waals surface area contributed by atoms with E-state index in [4.69, 9.17) is 5.11 Å². The van der Waals surface area contributed by atoms with Crippen LogP contribution < -0.4 is 5.32 Å². The summed E-state index contributed by atoms with van der Waals surface area (Å²) in [5, 5.41) is 12.4. The quantitative estimate of drug-likeness (QED) is 0.806. The van der Waals surface area contributed by atoms with Crippen molar-refractivity contribution in [2.75, 3.05) is 6.61 Å². The Morgan fingerprint density at radius 2 is 2.20 bits per heavy atom. The molecule has 0 amide bonds. The molecule has 84 valence electrons. The smallest absolute Gasteiger partial charge is 0.106 e. The van der Waals surface area contributed by atoms with Crippen LogP contribution in [0.15, 0.2) is 22.8 Å².